The number of hydrogen-bond acceptors (Lipinski definition) is 5. The maximum Gasteiger partial charge on any atom is 0.573 e. The number of ether oxygens (including phenoxy) is 2. The number of hydrogen-bond donors (Lipinski definition) is 1. The highest BCUT2D eigenvalue weighted by molar-refractivity contribution is 5.82. The molecule has 1 saturated carbocycles. The van der Waals surface area contributed by atoms with Crippen LogP contribution in [0.3, 0.4) is 0 Å². The molecule has 0 radical (unpaired) electrons. The van der Waals surface area contributed by atoms with Crippen molar-refractivity contribution < 1.29 is 31.8 Å². The molecule has 1 N–H and O–H groups in total. The van der Waals surface area contributed by atoms with E-state index in [0.29, 0.717) is 28.6 Å². The number of nitrogens with zero attached hydrogens (tertiary/aromatic N) is 2. The van der Waals surface area contributed by atoms with Gasteiger partial charge >= 0.3 is 12.3 Å². The molecule has 4 rings (SSSR count). The number of methoxy groups -OCH3 is 1. The number of fused-ring (bicyclic) bond motifs is 1. The molecule has 1 aliphatic carbocycles. The van der Waals surface area contributed by atoms with Crippen LogP contribution in [-0.4, -0.2) is 29.0 Å². The Kier molecular flexibility index (Phi) is 6.90. The molecule has 6 nitrogen and oxygen atoms in total. The lowest BCUT2D eigenvalue weighted by atomic mass is 9.70. The second-order valence-electron chi connectivity index (χ2n) is 10.3. The number of rotatable bonds is 6. The van der Waals surface area contributed by atoms with Gasteiger partial charge in [0.2, 0.25) is 5.95 Å². The molecule has 0 saturated heterocycles. The molecular weight excluding hydrogens is 478 g/mol. The summed E-state index contributed by atoms with van der Waals surface area (Å²) in [6.07, 6.45) is -2.21. The van der Waals surface area contributed by atoms with Gasteiger partial charge in [-0.25, -0.2) is 9.37 Å². The molecule has 0 unspecified atom stereocenters. The summed E-state index contributed by atoms with van der Waals surface area (Å²) < 4.78 is 63.2. The minimum absolute atomic E-state index is 0.0231. The van der Waals surface area contributed by atoms with E-state index in [2.05, 4.69) is 35.6 Å². The summed E-state index contributed by atoms with van der Waals surface area (Å²) in [5.74, 6) is -0.545. The van der Waals surface area contributed by atoms with Crippen molar-refractivity contribution in [1.82, 2.24) is 9.55 Å². The zero-order valence-electron chi connectivity index (χ0n) is 20.6. The lowest BCUT2D eigenvalue weighted by molar-refractivity contribution is -0.274. The first kappa shape index (κ1) is 25.8. The minimum Gasteiger partial charge on any atom is -0.469 e. The van der Waals surface area contributed by atoms with Crippen molar-refractivity contribution in [3.05, 3.63) is 47.8 Å². The van der Waals surface area contributed by atoms with Crippen LogP contribution in [0, 0.1) is 17.2 Å². The topological polar surface area (TPSA) is 65.4 Å². The number of alkyl halides is 3. The van der Waals surface area contributed by atoms with Crippen LogP contribution in [0.15, 0.2) is 36.4 Å². The van der Waals surface area contributed by atoms with Crippen molar-refractivity contribution >= 4 is 28.6 Å². The fourth-order valence-electron chi connectivity index (χ4n) is 5.34. The molecule has 194 valence electrons. The number of anilines is 2. The maximum atomic E-state index is 15.0. The predicted octanol–water partition coefficient (Wildman–Crippen LogP) is 6.92. The highest BCUT2D eigenvalue weighted by atomic mass is 19.4. The van der Waals surface area contributed by atoms with Crippen molar-refractivity contribution in [2.45, 2.75) is 58.9 Å². The summed E-state index contributed by atoms with van der Waals surface area (Å²) in [7, 11) is 1.24. The number of esters is 1. The first-order chi connectivity index (χ1) is 16.8. The van der Waals surface area contributed by atoms with Crippen LogP contribution in [0.1, 0.15) is 51.6 Å². The van der Waals surface area contributed by atoms with E-state index in [4.69, 9.17) is 4.98 Å². The molecule has 2 atom stereocenters. The quantitative estimate of drug-likeness (QED) is 0.290. The van der Waals surface area contributed by atoms with Crippen LogP contribution in [0.25, 0.3) is 11.0 Å². The predicted molar refractivity (Wildman–Crippen MR) is 128 cm³/mol. The SMILES string of the molecule is COC(=O)Cc1cc2nc(Nc3ccc(OC(F)(F)F)cc3)n([C@@H]3C[C@H](C)CC(C)(C)C3)c2cc1F. The van der Waals surface area contributed by atoms with Gasteiger partial charge in [-0.2, -0.15) is 0 Å². The van der Waals surface area contributed by atoms with Gasteiger partial charge in [0.15, 0.2) is 0 Å². The summed E-state index contributed by atoms with van der Waals surface area (Å²) in [4.78, 5) is 16.4. The molecule has 36 heavy (non-hydrogen) atoms. The van der Waals surface area contributed by atoms with Crippen molar-refractivity contribution in [2.75, 3.05) is 12.4 Å². The zero-order valence-corrected chi connectivity index (χ0v) is 20.6. The van der Waals surface area contributed by atoms with Gasteiger partial charge in [-0.15, -0.1) is 13.2 Å². The van der Waals surface area contributed by atoms with Crippen molar-refractivity contribution in [3.8, 4) is 5.75 Å². The van der Waals surface area contributed by atoms with E-state index >= 15 is 4.39 Å². The number of carbonyl (C=O) groups is 1. The molecule has 2 aromatic carbocycles. The minimum atomic E-state index is -4.78. The average Bonchev–Trinajstić information content (AvgIpc) is 3.09. The Bertz CT molecular complexity index is 1250. The Morgan fingerprint density at radius 1 is 1.19 bits per heavy atom. The smallest absolute Gasteiger partial charge is 0.469 e. The average molecular weight is 508 g/mol. The summed E-state index contributed by atoms with van der Waals surface area (Å²) in [5.41, 5.74) is 1.83. The van der Waals surface area contributed by atoms with Crippen molar-refractivity contribution in [2.24, 2.45) is 11.3 Å². The van der Waals surface area contributed by atoms with E-state index in [1.54, 1.807) is 6.07 Å². The first-order valence-electron chi connectivity index (χ1n) is 11.7. The van der Waals surface area contributed by atoms with Crippen LogP contribution in [0.4, 0.5) is 29.2 Å². The summed E-state index contributed by atoms with van der Waals surface area (Å²) in [6.45, 7) is 6.60. The number of halogens is 4. The third-order valence-electron chi connectivity index (χ3n) is 6.49. The fraction of sp³-hybridized carbons (Fsp3) is 0.462. The number of imidazole rings is 1. The van der Waals surface area contributed by atoms with Crippen LogP contribution in [0.5, 0.6) is 5.75 Å². The molecule has 0 aliphatic heterocycles. The van der Waals surface area contributed by atoms with Gasteiger partial charge in [0.25, 0.3) is 0 Å². The normalized spacial score (nSPS) is 19.8. The monoisotopic (exact) mass is 507 g/mol. The maximum absolute atomic E-state index is 15.0. The first-order valence-corrected chi connectivity index (χ1v) is 11.7. The Labute approximate surface area is 206 Å². The lowest BCUT2D eigenvalue weighted by Gasteiger charge is -2.40. The van der Waals surface area contributed by atoms with E-state index in [-0.39, 0.29) is 29.2 Å². The Hall–Kier alpha value is -3.30. The third-order valence-corrected chi connectivity index (χ3v) is 6.49. The van der Waals surface area contributed by atoms with E-state index in [9.17, 15) is 18.0 Å². The number of nitrogens with one attached hydrogen (secondary N) is 1. The van der Waals surface area contributed by atoms with Gasteiger partial charge in [0.1, 0.15) is 11.6 Å². The van der Waals surface area contributed by atoms with Crippen LogP contribution in [-0.2, 0) is 16.0 Å². The Balaban J connectivity index is 1.75. The van der Waals surface area contributed by atoms with E-state index in [1.165, 1.54) is 37.4 Å². The molecular formula is C26H29F4N3O3. The van der Waals surface area contributed by atoms with Gasteiger partial charge in [-0.05, 0) is 60.9 Å². The molecule has 3 aromatic rings. The van der Waals surface area contributed by atoms with Gasteiger partial charge in [0.05, 0.1) is 24.6 Å². The number of benzene rings is 2. The largest absolute Gasteiger partial charge is 0.573 e. The molecule has 1 fully saturated rings. The van der Waals surface area contributed by atoms with Crippen LogP contribution in [0.2, 0.25) is 0 Å². The Morgan fingerprint density at radius 2 is 1.89 bits per heavy atom. The van der Waals surface area contributed by atoms with Crippen molar-refractivity contribution in [1.29, 1.82) is 0 Å². The molecule has 0 spiro atoms. The van der Waals surface area contributed by atoms with Crippen LogP contribution < -0.4 is 10.1 Å². The van der Waals surface area contributed by atoms with Gasteiger partial charge in [-0.1, -0.05) is 20.8 Å². The number of carbonyl (C=O) groups excluding carboxylic acids is 1. The van der Waals surface area contributed by atoms with E-state index < -0.39 is 18.1 Å². The van der Waals surface area contributed by atoms with E-state index in [0.717, 1.165) is 19.3 Å². The lowest BCUT2D eigenvalue weighted by Crippen LogP contribution is -2.29. The molecule has 1 heterocycles. The zero-order chi connectivity index (χ0) is 26.3. The fourth-order valence-corrected chi connectivity index (χ4v) is 5.34. The second kappa shape index (κ2) is 9.63. The summed E-state index contributed by atoms with van der Waals surface area (Å²) >= 11 is 0. The second-order valence-corrected chi connectivity index (χ2v) is 10.3. The Morgan fingerprint density at radius 3 is 2.50 bits per heavy atom. The molecule has 10 heteroatoms. The molecule has 1 aromatic heterocycles. The third kappa shape index (κ3) is 5.91. The van der Waals surface area contributed by atoms with Crippen molar-refractivity contribution in [3.63, 3.8) is 0 Å². The molecule has 0 amide bonds. The van der Waals surface area contributed by atoms with Gasteiger partial charge in [0, 0.05) is 23.4 Å². The van der Waals surface area contributed by atoms with E-state index in [1.807, 2.05) is 4.57 Å². The van der Waals surface area contributed by atoms with Gasteiger partial charge < -0.3 is 19.4 Å². The summed E-state index contributed by atoms with van der Waals surface area (Å²) in [6, 6.07) is 8.29. The van der Waals surface area contributed by atoms with Crippen LogP contribution >= 0.6 is 0 Å². The number of aromatic nitrogens is 2. The highest BCUT2D eigenvalue weighted by Gasteiger charge is 2.35. The molecule has 1 aliphatic rings. The summed E-state index contributed by atoms with van der Waals surface area (Å²) in [5, 5.41) is 3.18. The standard InChI is InChI=1S/C26H29F4N3O3/c1-15-9-18(14-25(2,3)13-15)33-22-12-20(27)16(11-23(34)35-4)10-21(22)32-24(33)31-17-5-7-19(8-6-17)36-26(28,29)30/h5-8,10,12,15,18H,9,11,13-14H2,1-4H3,(H,31,32)/t15-,18+/m0/s1. The molecule has 0 bridgehead atoms. The highest BCUT2D eigenvalue weighted by Crippen LogP contribution is 2.46. The van der Waals surface area contributed by atoms with Gasteiger partial charge in [-0.3, -0.25) is 4.79 Å².